The molecule has 0 amide bonds. The molecule has 0 atom stereocenters. The molecule has 248 valence electrons. The Kier molecular flexibility index (Phi) is 6.55. The van der Waals surface area contributed by atoms with E-state index in [9.17, 15) is 0 Å². The first kappa shape index (κ1) is 29.6. The van der Waals surface area contributed by atoms with Crippen molar-refractivity contribution in [1.82, 2.24) is 4.57 Å². The average Bonchev–Trinajstić information content (AvgIpc) is 3.77. The molecular formula is C50H32N2O. The van der Waals surface area contributed by atoms with Gasteiger partial charge in [0.2, 0.25) is 0 Å². The van der Waals surface area contributed by atoms with Crippen molar-refractivity contribution in [2.45, 2.75) is 0 Å². The van der Waals surface area contributed by atoms with Gasteiger partial charge in [-0.15, -0.1) is 0 Å². The van der Waals surface area contributed by atoms with Crippen LogP contribution in [0.1, 0.15) is 0 Å². The van der Waals surface area contributed by atoms with Gasteiger partial charge in [0.25, 0.3) is 0 Å². The molecule has 0 aliphatic carbocycles. The number of aromatic nitrogens is 1. The van der Waals surface area contributed by atoms with Crippen molar-refractivity contribution in [1.29, 1.82) is 0 Å². The largest absolute Gasteiger partial charge is 0.455 e. The summed E-state index contributed by atoms with van der Waals surface area (Å²) >= 11 is 0. The van der Waals surface area contributed by atoms with Crippen molar-refractivity contribution >= 4 is 82.4 Å². The summed E-state index contributed by atoms with van der Waals surface area (Å²) in [5.41, 5.74) is 11.0. The summed E-state index contributed by atoms with van der Waals surface area (Å²) in [5.74, 6) is 0. The van der Waals surface area contributed by atoms with Crippen LogP contribution in [-0.4, -0.2) is 4.57 Å². The molecule has 0 spiro atoms. The van der Waals surface area contributed by atoms with Crippen LogP contribution in [0.4, 0.5) is 17.1 Å². The molecule has 3 heteroatoms. The number of fused-ring (bicyclic) bond motifs is 9. The van der Waals surface area contributed by atoms with E-state index in [0.29, 0.717) is 0 Å². The normalized spacial score (nSPS) is 11.8. The molecule has 11 aromatic rings. The number of hydrogen-bond donors (Lipinski definition) is 0. The predicted octanol–water partition coefficient (Wildman–Crippen LogP) is 14.1. The third-order valence-electron chi connectivity index (χ3n) is 10.8. The maximum atomic E-state index is 6.66. The van der Waals surface area contributed by atoms with Gasteiger partial charge in [-0.05, 0) is 88.6 Å². The topological polar surface area (TPSA) is 21.3 Å². The molecule has 2 aromatic heterocycles. The average molecular weight is 677 g/mol. The van der Waals surface area contributed by atoms with Gasteiger partial charge in [-0.2, -0.15) is 0 Å². The summed E-state index contributed by atoms with van der Waals surface area (Å²) in [6.07, 6.45) is 0. The van der Waals surface area contributed by atoms with Crippen LogP contribution >= 0.6 is 0 Å². The Bertz CT molecular complexity index is 3160. The van der Waals surface area contributed by atoms with Crippen LogP contribution in [0.25, 0.3) is 82.1 Å². The molecule has 0 fully saturated rings. The van der Waals surface area contributed by atoms with Gasteiger partial charge in [0.05, 0.1) is 16.7 Å². The van der Waals surface area contributed by atoms with E-state index in [2.05, 4.69) is 204 Å². The summed E-state index contributed by atoms with van der Waals surface area (Å²) in [6, 6.07) is 69.7. The van der Waals surface area contributed by atoms with E-state index in [0.717, 1.165) is 44.4 Å². The summed E-state index contributed by atoms with van der Waals surface area (Å²) < 4.78 is 9.02. The lowest BCUT2D eigenvalue weighted by atomic mass is 10.0. The molecule has 0 radical (unpaired) electrons. The van der Waals surface area contributed by atoms with Crippen LogP contribution in [0.5, 0.6) is 0 Å². The Morgan fingerprint density at radius 1 is 0.377 bits per heavy atom. The molecule has 0 saturated carbocycles. The molecule has 0 N–H and O–H groups in total. The molecule has 53 heavy (non-hydrogen) atoms. The van der Waals surface area contributed by atoms with Gasteiger partial charge in [0, 0.05) is 55.4 Å². The summed E-state index contributed by atoms with van der Waals surface area (Å²) in [7, 11) is 0. The van der Waals surface area contributed by atoms with Crippen LogP contribution in [0.15, 0.2) is 199 Å². The number of hydrogen-bond acceptors (Lipinski definition) is 2. The first-order valence-corrected chi connectivity index (χ1v) is 18.1. The zero-order valence-electron chi connectivity index (χ0n) is 28.8. The number of benzene rings is 9. The highest BCUT2D eigenvalue weighted by Gasteiger charge is 2.19. The van der Waals surface area contributed by atoms with E-state index in [1.807, 2.05) is 0 Å². The van der Waals surface area contributed by atoms with Crippen LogP contribution in [0.2, 0.25) is 0 Å². The summed E-state index contributed by atoms with van der Waals surface area (Å²) in [6.45, 7) is 0. The highest BCUT2D eigenvalue weighted by Crippen LogP contribution is 2.43. The molecule has 0 unspecified atom stereocenters. The van der Waals surface area contributed by atoms with Gasteiger partial charge in [0.15, 0.2) is 0 Å². The van der Waals surface area contributed by atoms with E-state index in [1.54, 1.807) is 0 Å². The Labute approximate surface area is 306 Å². The Hall–Kier alpha value is -7.10. The van der Waals surface area contributed by atoms with E-state index >= 15 is 0 Å². The second-order valence-corrected chi connectivity index (χ2v) is 13.7. The van der Waals surface area contributed by atoms with Crippen molar-refractivity contribution in [3.63, 3.8) is 0 Å². The zero-order chi connectivity index (χ0) is 34.9. The monoisotopic (exact) mass is 676 g/mol. The minimum absolute atomic E-state index is 0.874. The van der Waals surface area contributed by atoms with Crippen molar-refractivity contribution < 1.29 is 4.42 Å². The maximum absolute atomic E-state index is 6.66. The van der Waals surface area contributed by atoms with Gasteiger partial charge in [0.1, 0.15) is 11.2 Å². The fourth-order valence-electron chi connectivity index (χ4n) is 8.27. The van der Waals surface area contributed by atoms with Crippen LogP contribution in [0, 0.1) is 0 Å². The third kappa shape index (κ3) is 4.68. The first-order chi connectivity index (χ1) is 26.3. The molecule has 11 rings (SSSR count). The molecule has 3 nitrogen and oxygen atoms in total. The lowest BCUT2D eigenvalue weighted by Crippen LogP contribution is -2.10. The number of rotatable bonds is 5. The molecule has 0 aliphatic rings. The van der Waals surface area contributed by atoms with Crippen molar-refractivity contribution in [2.24, 2.45) is 0 Å². The first-order valence-electron chi connectivity index (χ1n) is 18.1. The van der Waals surface area contributed by atoms with E-state index < -0.39 is 0 Å². The van der Waals surface area contributed by atoms with Crippen molar-refractivity contribution in [3.8, 4) is 16.8 Å². The fraction of sp³-hybridized carbons (Fsp3) is 0. The minimum Gasteiger partial charge on any atom is -0.455 e. The second-order valence-electron chi connectivity index (χ2n) is 13.7. The number of anilines is 3. The molecule has 0 bridgehead atoms. The van der Waals surface area contributed by atoms with Crippen molar-refractivity contribution in [2.75, 3.05) is 4.90 Å². The van der Waals surface area contributed by atoms with E-state index in [-0.39, 0.29) is 0 Å². The molecular weight excluding hydrogens is 645 g/mol. The smallest absolute Gasteiger partial charge is 0.143 e. The second kappa shape index (κ2) is 11.7. The zero-order valence-corrected chi connectivity index (χ0v) is 28.8. The quantitative estimate of drug-likeness (QED) is 0.181. The standard InChI is InChI=1S/C50H32N2O/c1-2-14-37(15-3-1)52-47-19-9-8-18-42(47)45-31-36(24-30-48(45)52)33-21-25-38(26-22-33)51(46-20-10-13-34-11-4-6-16-40(34)46)39-27-29-43-44-28-23-35-12-5-7-17-41(35)50(44)53-49(43)32-39/h1-32H. The van der Waals surface area contributed by atoms with Crippen LogP contribution in [0.3, 0.4) is 0 Å². The van der Waals surface area contributed by atoms with Gasteiger partial charge >= 0.3 is 0 Å². The maximum Gasteiger partial charge on any atom is 0.143 e. The molecule has 0 aliphatic heterocycles. The molecule has 2 heterocycles. The van der Waals surface area contributed by atoms with E-state index in [4.69, 9.17) is 4.42 Å². The van der Waals surface area contributed by atoms with E-state index in [1.165, 1.54) is 54.8 Å². The SMILES string of the molecule is c1ccc(-n2c3ccccc3c3cc(-c4ccc(N(c5ccc6c(c5)oc5c7ccccc7ccc65)c5cccc6ccccc56)cc4)ccc32)cc1. The fourth-order valence-corrected chi connectivity index (χ4v) is 8.27. The van der Waals surface area contributed by atoms with Gasteiger partial charge < -0.3 is 13.9 Å². The number of para-hydroxylation sites is 2. The lowest BCUT2D eigenvalue weighted by Gasteiger charge is -2.27. The predicted molar refractivity (Wildman–Crippen MR) is 223 cm³/mol. The Morgan fingerprint density at radius 3 is 1.87 bits per heavy atom. The van der Waals surface area contributed by atoms with Crippen LogP contribution in [-0.2, 0) is 0 Å². The highest BCUT2D eigenvalue weighted by atomic mass is 16.3. The molecule has 0 saturated heterocycles. The summed E-state index contributed by atoms with van der Waals surface area (Å²) in [4.78, 5) is 2.35. The Balaban J connectivity index is 1.05. The third-order valence-corrected chi connectivity index (χ3v) is 10.8. The van der Waals surface area contributed by atoms with Gasteiger partial charge in [-0.1, -0.05) is 121 Å². The molecule has 9 aromatic carbocycles. The van der Waals surface area contributed by atoms with Crippen LogP contribution < -0.4 is 4.90 Å². The van der Waals surface area contributed by atoms with Gasteiger partial charge in [-0.25, -0.2) is 0 Å². The minimum atomic E-state index is 0.874. The van der Waals surface area contributed by atoms with Gasteiger partial charge in [-0.3, -0.25) is 0 Å². The van der Waals surface area contributed by atoms with Crippen molar-refractivity contribution in [3.05, 3.63) is 194 Å². The lowest BCUT2D eigenvalue weighted by molar-refractivity contribution is 0.672. The highest BCUT2D eigenvalue weighted by molar-refractivity contribution is 6.16. The summed E-state index contributed by atoms with van der Waals surface area (Å²) in [5, 5.41) is 9.45. The Morgan fingerprint density at radius 2 is 1.02 bits per heavy atom. The number of nitrogens with zero attached hydrogens (tertiary/aromatic N) is 2. The number of furan rings is 1.